The largest absolute Gasteiger partial charge is 0.458 e. The quantitative estimate of drug-likeness (QED) is 0.485. The highest BCUT2D eigenvalue weighted by Crippen LogP contribution is 2.24. The monoisotopic (exact) mass is 339 g/mol. The van der Waals surface area contributed by atoms with Crippen LogP contribution in [0.15, 0.2) is 54.1 Å². The first-order valence-corrected chi connectivity index (χ1v) is 8.48. The second kappa shape index (κ2) is 8.47. The van der Waals surface area contributed by atoms with Crippen molar-refractivity contribution >= 4 is 22.6 Å². The van der Waals surface area contributed by atoms with Gasteiger partial charge in [0, 0.05) is 0 Å². The van der Waals surface area contributed by atoms with Crippen LogP contribution in [0, 0.1) is 0 Å². The number of hydrogen-bond acceptors (Lipinski definition) is 3. The van der Waals surface area contributed by atoms with E-state index in [0.29, 0.717) is 0 Å². The molecular weight excluding hydrogens is 314 g/mol. The molecule has 132 valence electrons. The molecule has 1 unspecified atom stereocenters. The highest BCUT2D eigenvalue weighted by Gasteiger charge is 2.17. The van der Waals surface area contributed by atoms with E-state index in [0.717, 1.165) is 21.9 Å². The number of amides is 1. The lowest BCUT2D eigenvalue weighted by Gasteiger charge is -2.17. The van der Waals surface area contributed by atoms with Gasteiger partial charge in [0.15, 0.2) is 0 Å². The molecule has 0 spiro atoms. The first-order valence-electron chi connectivity index (χ1n) is 8.48. The number of esters is 1. The van der Waals surface area contributed by atoms with Crippen LogP contribution >= 0.6 is 0 Å². The smallest absolute Gasteiger partial charge is 0.315 e. The minimum atomic E-state index is -0.521. The average Bonchev–Trinajstić information content (AvgIpc) is 2.52. The van der Waals surface area contributed by atoms with Crippen LogP contribution in [-0.2, 0) is 14.3 Å². The van der Waals surface area contributed by atoms with Crippen LogP contribution in [0.3, 0.4) is 0 Å². The zero-order valence-corrected chi connectivity index (χ0v) is 15.2. The lowest BCUT2D eigenvalue weighted by atomic mass is 9.99. The van der Waals surface area contributed by atoms with Crippen LogP contribution in [-0.4, -0.2) is 18.0 Å². The Bertz CT molecular complexity index is 785. The second-order valence-electron chi connectivity index (χ2n) is 6.47. The molecule has 0 fully saturated rings. The summed E-state index contributed by atoms with van der Waals surface area (Å²) < 4.78 is 5.21. The zero-order chi connectivity index (χ0) is 18.4. The van der Waals surface area contributed by atoms with Crippen molar-refractivity contribution in [1.82, 2.24) is 5.32 Å². The lowest BCUT2D eigenvalue weighted by Crippen LogP contribution is -2.30. The molecule has 0 aliphatic heterocycles. The van der Waals surface area contributed by atoms with Crippen molar-refractivity contribution in [3.8, 4) is 0 Å². The topological polar surface area (TPSA) is 55.4 Å². The summed E-state index contributed by atoms with van der Waals surface area (Å²) in [6.07, 6.45) is 1.23. The molecule has 0 bridgehead atoms. The molecule has 2 rings (SSSR count). The van der Waals surface area contributed by atoms with Gasteiger partial charge in [-0.3, -0.25) is 9.59 Å². The number of benzene rings is 2. The summed E-state index contributed by atoms with van der Waals surface area (Å²) in [6, 6.07) is 13.8. The van der Waals surface area contributed by atoms with Crippen molar-refractivity contribution in [2.75, 3.05) is 0 Å². The van der Waals surface area contributed by atoms with Crippen molar-refractivity contribution in [3.05, 3.63) is 59.7 Å². The SMILES string of the molecule is CC(C)=CC(C)OC(=O)CC(=O)N[C@H](C)c1cccc2ccccc12. The molecular formula is C21H25NO3. The van der Waals surface area contributed by atoms with E-state index in [9.17, 15) is 9.59 Å². The molecule has 2 aromatic carbocycles. The molecule has 0 saturated carbocycles. The summed E-state index contributed by atoms with van der Waals surface area (Å²) in [5, 5.41) is 5.09. The Labute approximate surface area is 148 Å². The van der Waals surface area contributed by atoms with Crippen LogP contribution in [0.5, 0.6) is 0 Å². The van der Waals surface area contributed by atoms with Gasteiger partial charge in [-0.1, -0.05) is 48.0 Å². The third kappa shape index (κ3) is 5.45. The number of nitrogens with one attached hydrogen (secondary N) is 1. The van der Waals surface area contributed by atoms with E-state index < -0.39 is 5.97 Å². The predicted octanol–water partition coefficient (Wildman–Crippen LogP) is 4.31. The Balaban J connectivity index is 1.98. The number of carbonyl (C=O) groups is 2. The molecule has 2 aromatic rings. The van der Waals surface area contributed by atoms with Gasteiger partial charge in [0.1, 0.15) is 12.5 Å². The van der Waals surface area contributed by atoms with Gasteiger partial charge in [-0.15, -0.1) is 0 Å². The minimum Gasteiger partial charge on any atom is -0.458 e. The van der Waals surface area contributed by atoms with E-state index in [1.807, 2.05) is 69.3 Å². The van der Waals surface area contributed by atoms with Gasteiger partial charge in [0.25, 0.3) is 0 Å². The zero-order valence-electron chi connectivity index (χ0n) is 15.2. The van der Waals surface area contributed by atoms with Gasteiger partial charge in [-0.2, -0.15) is 0 Å². The molecule has 4 heteroatoms. The molecule has 4 nitrogen and oxygen atoms in total. The summed E-state index contributed by atoms with van der Waals surface area (Å²) in [4.78, 5) is 24.0. The predicted molar refractivity (Wildman–Crippen MR) is 100 cm³/mol. The van der Waals surface area contributed by atoms with Crippen molar-refractivity contribution in [1.29, 1.82) is 0 Å². The molecule has 2 atom stereocenters. The number of allylic oxidation sites excluding steroid dienone is 1. The Morgan fingerprint density at radius 2 is 1.76 bits per heavy atom. The second-order valence-corrected chi connectivity index (χ2v) is 6.47. The maximum Gasteiger partial charge on any atom is 0.315 e. The van der Waals surface area contributed by atoms with E-state index in [1.54, 1.807) is 6.92 Å². The van der Waals surface area contributed by atoms with Crippen LogP contribution in [0.25, 0.3) is 10.8 Å². The number of carbonyl (C=O) groups excluding carboxylic acids is 2. The molecule has 0 radical (unpaired) electrons. The summed E-state index contributed by atoms with van der Waals surface area (Å²) in [7, 11) is 0. The molecule has 1 N–H and O–H groups in total. The fraction of sp³-hybridized carbons (Fsp3) is 0.333. The molecule has 0 heterocycles. The number of hydrogen-bond donors (Lipinski definition) is 1. The highest BCUT2D eigenvalue weighted by atomic mass is 16.5. The maximum atomic E-state index is 12.1. The molecule has 0 aliphatic carbocycles. The summed E-state index contributed by atoms with van der Waals surface area (Å²) in [6.45, 7) is 7.56. The van der Waals surface area contributed by atoms with Crippen molar-refractivity contribution in [2.24, 2.45) is 0 Å². The van der Waals surface area contributed by atoms with Crippen LogP contribution in [0.4, 0.5) is 0 Å². The Hall–Kier alpha value is -2.62. The Kier molecular flexibility index (Phi) is 6.34. The number of ether oxygens (including phenoxy) is 1. The standard InChI is InChI=1S/C21H25NO3/c1-14(2)12-15(3)25-21(24)13-20(23)22-16(4)18-11-7-9-17-8-5-6-10-19(17)18/h5-12,15-16H,13H2,1-4H3,(H,22,23)/t15?,16-/m1/s1. The molecule has 25 heavy (non-hydrogen) atoms. The van der Waals surface area contributed by atoms with Gasteiger partial charge in [0.05, 0.1) is 6.04 Å². The van der Waals surface area contributed by atoms with Crippen LogP contribution in [0.2, 0.25) is 0 Å². The van der Waals surface area contributed by atoms with Crippen LogP contribution in [0.1, 0.15) is 45.7 Å². The van der Waals surface area contributed by atoms with Crippen molar-refractivity contribution in [2.45, 2.75) is 46.3 Å². The summed E-state index contributed by atoms with van der Waals surface area (Å²) >= 11 is 0. The lowest BCUT2D eigenvalue weighted by molar-refractivity contribution is -0.148. The third-order valence-electron chi connectivity index (χ3n) is 3.86. The summed E-state index contributed by atoms with van der Waals surface area (Å²) in [5.41, 5.74) is 2.09. The Morgan fingerprint density at radius 1 is 1.08 bits per heavy atom. The third-order valence-corrected chi connectivity index (χ3v) is 3.86. The van der Waals surface area contributed by atoms with Crippen LogP contribution < -0.4 is 5.32 Å². The van der Waals surface area contributed by atoms with Gasteiger partial charge in [-0.25, -0.2) is 0 Å². The van der Waals surface area contributed by atoms with E-state index in [2.05, 4.69) is 5.32 Å². The first kappa shape index (κ1) is 18.7. The van der Waals surface area contributed by atoms with Crippen molar-refractivity contribution < 1.29 is 14.3 Å². The fourth-order valence-electron chi connectivity index (χ4n) is 2.88. The van der Waals surface area contributed by atoms with Crippen molar-refractivity contribution in [3.63, 3.8) is 0 Å². The van der Waals surface area contributed by atoms with E-state index in [1.165, 1.54) is 0 Å². The first-order chi connectivity index (χ1) is 11.9. The molecule has 0 saturated heterocycles. The molecule has 0 aromatic heterocycles. The highest BCUT2D eigenvalue weighted by molar-refractivity contribution is 5.95. The Morgan fingerprint density at radius 3 is 2.48 bits per heavy atom. The minimum absolute atomic E-state index is 0.193. The molecule has 0 aliphatic rings. The van der Waals surface area contributed by atoms with Gasteiger partial charge in [0.2, 0.25) is 5.91 Å². The van der Waals surface area contributed by atoms with Gasteiger partial charge in [-0.05, 0) is 50.1 Å². The van der Waals surface area contributed by atoms with E-state index in [-0.39, 0.29) is 24.5 Å². The normalized spacial score (nSPS) is 13.0. The average molecular weight is 339 g/mol. The summed E-state index contributed by atoms with van der Waals surface area (Å²) in [5.74, 6) is -0.859. The maximum absolute atomic E-state index is 12.1. The van der Waals surface area contributed by atoms with E-state index in [4.69, 9.17) is 4.74 Å². The van der Waals surface area contributed by atoms with Gasteiger partial charge >= 0.3 is 5.97 Å². The van der Waals surface area contributed by atoms with Gasteiger partial charge < -0.3 is 10.1 Å². The number of rotatable bonds is 6. The van der Waals surface area contributed by atoms with E-state index >= 15 is 0 Å². The fourth-order valence-corrected chi connectivity index (χ4v) is 2.88. The number of fused-ring (bicyclic) bond motifs is 1. The molecule has 1 amide bonds.